The minimum atomic E-state index is -3.01. The second-order valence-corrected chi connectivity index (χ2v) is 5.43. The minimum Gasteiger partial charge on any atom is -0.213 e. The van der Waals surface area contributed by atoms with Gasteiger partial charge in [-0.1, -0.05) is 5.92 Å². The first-order chi connectivity index (χ1) is 4.14. The van der Waals surface area contributed by atoms with Crippen molar-refractivity contribution >= 4 is 19.7 Å². The number of hydrogen-bond donors (Lipinski definition) is 0. The minimum absolute atomic E-state index is 0.282. The molecule has 0 saturated carbocycles. The third-order valence-electron chi connectivity index (χ3n) is 0.822. The van der Waals surface area contributed by atoms with Crippen molar-refractivity contribution in [3.05, 3.63) is 11.5 Å². The Balaban J connectivity index is 2.87. The molecule has 2 nitrogen and oxygen atoms in total. The van der Waals surface area contributed by atoms with Crippen LogP contribution in [0.4, 0.5) is 0 Å². The van der Waals surface area contributed by atoms with Gasteiger partial charge in [0.05, 0.1) is 5.25 Å². The van der Waals surface area contributed by atoms with Gasteiger partial charge in [-0.05, 0) is 16.9 Å². The number of terminal acetylenes is 1. The van der Waals surface area contributed by atoms with Crippen LogP contribution in [0, 0.1) is 12.3 Å². The Hall–Kier alpha value is -0.400. The second-order valence-electron chi connectivity index (χ2n) is 1.50. The van der Waals surface area contributed by atoms with E-state index in [2.05, 4.69) is 5.92 Å². The van der Waals surface area contributed by atoms with Crippen LogP contribution in [-0.2, 0) is 8.87 Å². The lowest BCUT2D eigenvalue weighted by molar-refractivity contribution is 0.618. The van der Waals surface area contributed by atoms with Crippen LogP contribution < -0.4 is 0 Å². The van der Waals surface area contributed by atoms with Crippen molar-refractivity contribution in [2.24, 2.45) is 0 Å². The van der Waals surface area contributed by atoms with Gasteiger partial charge in [0.25, 0.3) is 0 Å². The Morgan fingerprint density at radius 1 is 1.67 bits per heavy atom. The zero-order chi connectivity index (χ0) is 6.91. The van der Waals surface area contributed by atoms with E-state index in [0.29, 0.717) is 0 Å². The van der Waals surface area contributed by atoms with Gasteiger partial charge in [0.15, 0.2) is 0 Å². The van der Waals surface area contributed by atoms with Crippen molar-refractivity contribution in [3.63, 3.8) is 0 Å². The molecule has 0 N–H and O–H groups in total. The maximum Gasteiger partial charge on any atom is 0.224 e. The molecule has 0 aromatic carbocycles. The molecule has 1 aliphatic rings. The maximum absolute atomic E-state index is 10.6. The third kappa shape index (κ3) is 1.50. The zero-order valence-electron chi connectivity index (χ0n) is 4.44. The van der Waals surface area contributed by atoms with Crippen LogP contribution in [0.1, 0.15) is 0 Å². The fourth-order valence-corrected chi connectivity index (χ4v) is 3.07. The normalized spacial score (nSPS) is 29.9. The van der Waals surface area contributed by atoms with Gasteiger partial charge in [-0.2, -0.15) is 0 Å². The van der Waals surface area contributed by atoms with Crippen LogP contribution in [0.3, 0.4) is 0 Å². The van der Waals surface area contributed by atoms with Gasteiger partial charge < -0.3 is 0 Å². The van der Waals surface area contributed by atoms with Crippen LogP contribution in [0.5, 0.6) is 0 Å². The van der Waals surface area contributed by atoms with Gasteiger partial charge in [0.1, 0.15) is 0 Å². The first-order valence-corrected chi connectivity index (χ1v) is 5.16. The van der Waals surface area contributed by atoms with E-state index in [0.717, 1.165) is 16.2 Å². The summed E-state index contributed by atoms with van der Waals surface area (Å²) in [5.41, 5.74) is 0. The summed E-state index contributed by atoms with van der Waals surface area (Å²) in [5.74, 6) is 2.32. The highest BCUT2D eigenvalue weighted by atomic mass is 33.1. The van der Waals surface area contributed by atoms with Crippen molar-refractivity contribution in [1.82, 2.24) is 0 Å². The van der Waals surface area contributed by atoms with E-state index < -0.39 is 8.87 Å². The lowest BCUT2D eigenvalue weighted by atomic mass is 10.4. The molecule has 1 rings (SSSR count). The number of hydrogen-bond acceptors (Lipinski definition) is 3. The molecule has 9 heavy (non-hydrogen) atoms. The van der Waals surface area contributed by atoms with E-state index in [1.54, 1.807) is 0 Å². The maximum atomic E-state index is 10.6. The monoisotopic (exact) mass is 160 g/mol. The van der Waals surface area contributed by atoms with Crippen molar-refractivity contribution in [1.29, 1.82) is 0 Å². The van der Waals surface area contributed by atoms with Gasteiger partial charge in [-0.3, -0.25) is 0 Å². The van der Waals surface area contributed by atoms with Crippen molar-refractivity contribution < 1.29 is 8.42 Å². The molecular formula is C5H4O2S2. The Bertz CT molecular complexity index is 268. The molecule has 1 heterocycles. The topological polar surface area (TPSA) is 34.1 Å². The molecule has 1 unspecified atom stereocenters. The lowest BCUT2D eigenvalue weighted by Gasteiger charge is -1.90. The molecule has 4 heteroatoms. The molecule has 0 fully saturated rings. The molecule has 48 valence electrons. The van der Waals surface area contributed by atoms with Gasteiger partial charge >= 0.3 is 0 Å². The van der Waals surface area contributed by atoms with Crippen LogP contribution in [0.25, 0.3) is 0 Å². The Labute approximate surface area is 57.7 Å². The molecule has 0 aromatic heterocycles. The largest absolute Gasteiger partial charge is 0.224 e. The average Bonchev–Trinajstić information content (AvgIpc) is 2.10. The summed E-state index contributed by atoms with van der Waals surface area (Å²) < 4.78 is 21.2. The Morgan fingerprint density at radius 3 is 2.56 bits per heavy atom. The van der Waals surface area contributed by atoms with Gasteiger partial charge in [-0.15, -0.1) is 6.42 Å². The fraction of sp³-hybridized carbons (Fsp3) is 0.200. The van der Waals surface area contributed by atoms with E-state index in [-0.39, 0.29) is 5.25 Å². The summed E-state index contributed by atoms with van der Waals surface area (Å²) in [6.45, 7) is 0. The Morgan fingerprint density at radius 2 is 2.33 bits per heavy atom. The highest BCUT2D eigenvalue weighted by Crippen LogP contribution is 2.27. The molecule has 0 saturated heterocycles. The summed E-state index contributed by atoms with van der Waals surface area (Å²) >= 11 is 0. The molecule has 0 aromatic rings. The Kier molecular flexibility index (Phi) is 1.56. The highest BCUT2D eigenvalue weighted by Gasteiger charge is 2.19. The van der Waals surface area contributed by atoms with E-state index in [1.165, 1.54) is 6.08 Å². The first kappa shape index (κ1) is 6.72. The van der Waals surface area contributed by atoms with E-state index in [9.17, 15) is 8.42 Å². The highest BCUT2D eigenvalue weighted by molar-refractivity contribution is 8.73. The second kappa shape index (κ2) is 2.09. The van der Waals surface area contributed by atoms with Crippen LogP contribution >= 0.6 is 10.8 Å². The van der Waals surface area contributed by atoms with Gasteiger partial charge in [0, 0.05) is 5.41 Å². The lowest BCUT2D eigenvalue weighted by Crippen LogP contribution is -1.88. The van der Waals surface area contributed by atoms with Crippen molar-refractivity contribution in [2.75, 3.05) is 0 Å². The first-order valence-electron chi connectivity index (χ1n) is 2.22. The van der Waals surface area contributed by atoms with Crippen molar-refractivity contribution in [2.45, 2.75) is 5.25 Å². The molecule has 0 spiro atoms. The third-order valence-corrected chi connectivity index (χ3v) is 3.84. The summed E-state index contributed by atoms with van der Waals surface area (Å²) in [6.07, 6.45) is 6.47. The van der Waals surface area contributed by atoms with Crippen LogP contribution in [0.2, 0.25) is 0 Å². The molecule has 0 amide bonds. The molecule has 0 bridgehead atoms. The SMILES string of the molecule is C#CC1C=CS(=O)(=O)S1. The van der Waals surface area contributed by atoms with Crippen LogP contribution in [0.15, 0.2) is 11.5 Å². The van der Waals surface area contributed by atoms with Gasteiger partial charge in [-0.25, -0.2) is 8.42 Å². The zero-order valence-corrected chi connectivity index (χ0v) is 6.08. The predicted octanol–water partition coefficient (Wildman–Crippen LogP) is 0.579. The molecule has 0 radical (unpaired) electrons. The van der Waals surface area contributed by atoms with E-state index in [1.807, 2.05) is 0 Å². The fourth-order valence-electron chi connectivity index (χ4n) is 0.460. The number of rotatable bonds is 0. The van der Waals surface area contributed by atoms with Crippen molar-refractivity contribution in [3.8, 4) is 12.3 Å². The van der Waals surface area contributed by atoms with E-state index >= 15 is 0 Å². The quantitative estimate of drug-likeness (QED) is 0.384. The summed E-state index contributed by atoms with van der Waals surface area (Å²) in [7, 11) is -2.22. The predicted molar refractivity (Wildman–Crippen MR) is 38.3 cm³/mol. The molecule has 1 aliphatic heterocycles. The van der Waals surface area contributed by atoms with Crippen LogP contribution in [-0.4, -0.2) is 13.7 Å². The average molecular weight is 160 g/mol. The summed E-state index contributed by atoms with van der Waals surface area (Å²) in [6, 6.07) is 0. The summed E-state index contributed by atoms with van der Waals surface area (Å²) in [5, 5.41) is 0.859. The molecule has 0 aliphatic carbocycles. The van der Waals surface area contributed by atoms with E-state index in [4.69, 9.17) is 6.42 Å². The smallest absolute Gasteiger partial charge is 0.213 e. The van der Waals surface area contributed by atoms with Gasteiger partial charge in [0.2, 0.25) is 8.87 Å². The molecular weight excluding hydrogens is 156 g/mol. The standard InChI is InChI=1S/C5H4O2S2/c1-2-5-3-4-9(6,7)8-5/h1,3-5H. The summed E-state index contributed by atoms with van der Waals surface area (Å²) in [4.78, 5) is 0. The molecule has 1 atom stereocenters.